The highest BCUT2D eigenvalue weighted by Crippen LogP contribution is 2.34. The van der Waals surface area contributed by atoms with Crippen LogP contribution in [0.15, 0.2) is 22.7 Å². The summed E-state index contributed by atoms with van der Waals surface area (Å²) < 4.78 is 38.4. The summed E-state index contributed by atoms with van der Waals surface area (Å²) in [5, 5.41) is 10.1. The number of aliphatic hydroxyl groups is 1. The maximum absolute atomic E-state index is 12.7. The number of rotatable bonds is 2. The molecular weight excluding hydrogens is 351 g/mol. The van der Waals surface area contributed by atoms with E-state index in [1.54, 1.807) is 0 Å². The second kappa shape index (κ2) is 5.28. The maximum atomic E-state index is 12.7. The number of β-amino-alcohol motifs (C(OH)–C–C–N with tert-alkyl or cyclic N) is 1. The molecule has 116 valence electrons. The molecular formula is C14H15BrF3NO2. The van der Waals surface area contributed by atoms with Crippen LogP contribution in [0.4, 0.5) is 13.2 Å². The van der Waals surface area contributed by atoms with Crippen molar-refractivity contribution in [1.82, 2.24) is 4.90 Å². The smallest absolute Gasteiger partial charge is 0.386 e. The molecule has 3 nitrogen and oxygen atoms in total. The summed E-state index contributed by atoms with van der Waals surface area (Å²) in [6, 6.07) is 2.96. The van der Waals surface area contributed by atoms with E-state index >= 15 is 0 Å². The average Bonchev–Trinajstić information content (AvgIpc) is 2.33. The van der Waals surface area contributed by atoms with Gasteiger partial charge in [0.15, 0.2) is 0 Å². The zero-order chi connectivity index (χ0) is 16.0. The Bertz CT molecular complexity index is 566. The van der Waals surface area contributed by atoms with Gasteiger partial charge in [-0.3, -0.25) is 4.79 Å². The van der Waals surface area contributed by atoms with Crippen LogP contribution < -0.4 is 0 Å². The minimum atomic E-state index is -4.50. The third-order valence-corrected chi connectivity index (χ3v) is 4.51. The molecule has 1 N–H and O–H groups in total. The Kier molecular flexibility index (Phi) is 4.10. The topological polar surface area (TPSA) is 40.5 Å². The normalized spacial score (nSPS) is 17.8. The lowest BCUT2D eigenvalue weighted by Crippen LogP contribution is -2.66. The molecule has 0 unspecified atom stereocenters. The highest BCUT2D eigenvalue weighted by atomic mass is 79.9. The lowest BCUT2D eigenvalue weighted by Gasteiger charge is -2.49. The fourth-order valence-electron chi connectivity index (χ4n) is 2.16. The average molecular weight is 366 g/mol. The lowest BCUT2D eigenvalue weighted by atomic mass is 9.82. The molecule has 1 heterocycles. The van der Waals surface area contributed by atoms with Crippen LogP contribution in [0.3, 0.4) is 0 Å². The Morgan fingerprint density at radius 2 is 1.95 bits per heavy atom. The number of amides is 1. The number of carbonyl (C=O) groups is 1. The molecule has 1 aliphatic rings. The fraction of sp³-hybridized carbons (Fsp3) is 0.500. The van der Waals surface area contributed by atoms with Gasteiger partial charge >= 0.3 is 6.18 Å². The molecule has 0 aliphatic carbocycles. The highest BCUT2D eigenvalue weighted by Gasteiger charge is 2.46. The van der Waals surface area contributed by atoms with Crippen molar-refractivity contribution in [2.75, 3.05) is 13.1 Å². The first-order valence-corrected chi connectivity index (χ1v) is 7.22. The van der Waals surface area contributed by atoms with Gasteiger partial charge in [0.1, 0.15) is 5.60 Å². The summed E-state index contributed by atoms with van der Waals surface area (Å²) in [5.74, 6) is -0.537. The number of hydrogen-bond donors (Lipinski definition) is 1. The molecule has 0 saturated carbocycles. The number of halogens is 4. The van der Waals surface area contributed by atoms with Gasteiger partial charge in [-0.1, -0.05) is 13.8 Å². The number of likely N-dealkylation sites (tertiary alicyclic amines) is 1. The van der Waals surface area contributed by atoms with E-state index in [0.29, 0.717) is 4.47 Å². The van der Waals surface area contributed by atoms with Crippen LogP contribution >= 0.6 is 15.9 Å². The van der Waals surface area contributed by atoms with E-state index in [0.717, 1.165) is 12.1 Å². The van der Waals surface area contributed by atoms with Crippen LogP contribution in [0.25, 0.3) is 0 Å². The molecule has 7 heteroatoms. The van der Waals surface area contributed by atoms with Crippen LogP contribution in [0.1, 0.15) is 29.8 Å². The van der Waals surface area contributed by atoms with Crippen LogP contribution in [0, 0.1) is 5.92 Å². The standard InChI is InChI=1S/C14H15BrF3NO2/c1-8(2)13(21)6-19(7-13)12(20)10-5-9(14(16,17)18)3-4-11(10)15/h3-5,8,21H,6-7H2,1-2H3. The van der Waals surface area contributed by atoms with Gasteiger partial charge in [-0.2, -0.15) is 13.2 Å². The molecule has 0 aromatic heterocycles. The Morgan fingerprint density at radius 1 is 1.38 bits per heavy atom. The minimum Gasteiger partial charge on any atom is -0.386 e. The Morgan fingerprint density at radius 3 is 2.43 bits per heavy atom. The second-order valence-electron chi connectivity index (χ2n) is 5.61. The SMILES string of the molecule is CC(C)C1(O)CN(C(=O)c2cc(C(F)(F)F)ccc2Br)C1. The third kappa shape index (κ3) is 3.08. The largest absolute Gasteiger partial charge is 0.416 e. The van der Waals surface area contributed by atoms with E-state index in [9.17, 15) is 23.1 Å². The van der Waals surface area contributed by atoms with Gasteiger partial charge in [0, 0.05) is 4.47 Å². The zero-order valence-electron chi connectivity index (χ0n) is 11.5. The maximum Gasteiger partial charge on any atom is 0.416 e. The van der Waals surface area contributed by atoms with Crippen molar-refractivity contribution in [1.29, 1.82) is 0 Å². The molecule has 1 amide bonds. The number of nitrogens with zero attached hydrogens (tertiary/aromatic N) is 1. The van der Waals surface area contributed by atoms with E-state index in [1.807, 2.05) is 13.8 Å². The quantitative estimate of drug-likeness (QED) is 0.873. The van der Waals surface area contributed by atoms with Gasteiger partial charge in [-0.05, 0) is 40.0 Å². The molecule has 1 fully saturated rings. The molecule has 2 rings (SSSR count). The minimum absolute atomic E-state index is 0.0218. The number of carbonyl (C=O) groups excluding carboxylic acids is 1. The molecule has 21 heavy (non-hydrogen) atoms. The molecule has 0 radical (unpaired) electrons. The van der Waals surface area contributed by atoms with Crippen molar-refractivity contribution < 1.29 is 23.1 Å². The van der Waals surface area contributed by atoms with Crippen LogP contribution in [0.5, 0.6) is 0 Å². The summed E-state index contributed by atoms with van der Waals surface area (Å²) in [7, 11) is 0. The van der Waals surface area contributed by atoms with Crippen molar-refractivity contribution in [2.24, 2.45) is 5.92 Å². The molecule has 1 aliphatic heterocycles. The zero-order valence-corrected chi connectivity index (χ0v) is 13.1. The fourth-order valence-corrected chi connectivity index (χ4v) is 2.58. The van der Waals surface area contributed by atoms with Crippen molar-refractivity contribution in [3.63, 3.8) is 0 Å². The van der Waals surface area contributed by atoms with Gasteiger partial charge in [0.2, 0.25) is 0 Å². The first kappa shape index (κ1) is 16.3. The Balaban J connectivity index is 2.22. The van der Waals surface area contributed by atoms with Crippen molar-refractivity contribution >= 4 is 21.8 Å². The predicted octanol–water partition coefficient (Wildman–Crippen LogP) is 3.31. The van der Waals surface area contributed by atoms with Crippen molar-refractivity contribution in [3.05, 3.63) is 33.8 Å². The van der Waals surface area contributed by atoms with Gasteiger partial charge in [0.05, 0.1) is 24.2 Å². The number of hydrogen-bond acceptors (Lipinski definition) is 2. The second-order valence-corrected chi connectivity index (χ2v) is 6.47. The molecule has 1 aromatic rings. The van der Waals surface area contributed by atoms with Crippen LogP contribution in [-0.2, 0) is 6.18 Å². The summed E-state index contributed by atoms with van der Waals surface area (Å²) in [4.78, 5) is 13.6. The van der Waals surface area contributed by atoms with E-state index in [-0.39, 0.29) is 24.6 Å². The van der Waals surface area contributed by atoms with Crippen molar-refractivity contribution in [2.45, 2.75) is 25.6 Å². The predicted molar refractivity (Wildman–Crippen MR) is 74.8 cm³/mol. The van der Waals surface area contributed by atoms with Gasteiger partial charge < -0.3 is 10.0 Å². The monoisotopic (exact) mass is 365 g/mol. The molecule has 0 bridgehead atoms. The molecule has 1 saturated heterocycles. The lowest BCUT2D eigenvalue weighted by molar-refractivity contribution is -0.137. The molecule has 1 aromatic carbocycles. The van der Waals surface area contributed by atoms with Gasteiger partial charge in [-0.15, -0.1) is 0 Å². The van der Waals surface area contributed by atoms with Crippen LogP contribution in [0.2, 0.25) is 0 Å². The van der Waals surface area contributed by atoms with Gasteiger partial charge in [0.25, 0.3) is 5.91 Å². The number of alkyl halides is 3. The summed E-state index contributed by atoms with van der Waals surface area (Å²) >= 11 is 3.10. The van der Waals surface area contributed by atoms with E-state index in [1.165, 1.54) is 11.0 Å². The van der Waals surface area contributed by atoms with E-state index in [2.05, 4.69) is 15.9 Å². The first-order valence-electron chi connectivity index (χ1n) is 6.43. The first-order chi connectivity index (χ1) is 9.54. The third-order valence-electron chi connectivity index (χ3n) is 3.82. The molecule has 0 spiro atoms. The van der Waals surface area contributed by atoms with E-state index < -0.39 is 23.2 Å². The van der Waals surface area contributed by atoms with Crippen molar-refractivity contribution in [3.8, 4) is 0 Å². The van der Waals surface area contributed by atoms with Crippen LogP contribution in [-0.4, -0.2) is 34.6 Å². The number of benzene rings is 1. The summed E-state index contributed by atoms with van der Waals surface area (Å²) in [6.45, 7) is 3.93. The Labute approximate surface area is 128 Å². The Hall–Kier alpha value is -1.08. The summed E-state index contributed by atoms with van der Waals surface area (Å²) in [5.41, 5.74) is -1.87. The summed E-state index contributed by atoms with van der Waals surface area (Å²) in [6.07, 6.45) is -4.50. The van der Waals surface area contributed by atoms with E-state index in [4.69, 9.17) is 0 Å². The highest BCUT2D eigenvalue weighted by molar-refractivity contribution is 9.10. The molecule has 0 atom stereocenters. The van der Waals surface area contributed by atoms with Gasteiger partial charge in [-0.25, -0.2) is 0 Å².